The van der Waals surface area contributed by atoms with Gasteiger partial charge in [0.1, 0.15) is 4.90 Å². The van der Waals surface area contributed by atoms with Crippen LogP contribution in [0.5, 0.6) is 0 Å². The third kappa shape index (κ3) is 3.77. The van der Waals surface area contributed by atoms with Crippen LogP contribution in [0.4, 0.5) is 5.95 Å². The zero-order valence-electron chi connectivity index (χ0n) is 13.3. The molecule has 0 radical (unpaired) electrons. The van der Waals surface area contributed by atoms with Gasteiger partial charge in [-0.1, -0.05) is 30.3 Å². The summed E-state index contributed by atoms with van der Waals surface area (Å²) in [5.41, 5.74) is 2.43. The summed E-state index contributed by atoms with van der Waals surface area (Å²) in [4.78, 5) is 8.25. The molecule has 2 heterocycles. The molecule has 2 aromatic heterocycles. The van der Waals surface area contributed by atoms with E-state index in [1.807, 2.05) is 30.3 Å². The Morgan fingerprint density at radius 1 is 1.08 bits per heavy atom. The highest BCUT2D eigenvalue weighted by Gasteiger charge is 2.18. The highest BCUT2D eigenvalue weighted by Crippen LogP contribution is 2.14. The van der Waals surface area contributed by atoms with Gasteiger partial charge < -0.3 is 0 Å². The van der Waals surface area contributed by atoms with Crippen molar-refractivity contribution in [1.29, 1.82) is 0 Å². The molecule has 0 saturated heterocycles. The zero-order valence-corrected chi connectivity index (χ0v) is 14.2. The summed E-state index contributed by atoms with van der Waals surface area (Å²) in [5, 5.41) is 4.11. The summed E-state index contributed by atoms with van der Waals surface area (Å²) < 4.78 is 28.9. The molecule has 0 aliphatic carbocycles. The fourth-order valence-corrected chi connectivity index (χ4v) is 3.19. The summed E-state index contributed by atoms with van der Waals surface area (Å²) in [6.07, 6.45) is 2.80. The van der Waals surface area contributed by atoms with Crippen LogP contribution in [-0.4, -0.2) is 28.2 Å². The standard InChI is InChI=1S/C16H17N5O2S/c1-12-8-13(2)19-16(18-12)20-24(22,23)15-9-17-21(11-15)10-14-6-4-3-5-7-14/h3-9,11H,10H2,1-2H3,(H,18,19,20). The number of benzene rings is 1. The Labute approximate surface area is 140 Å². The van der Waals surface area contributed by atoms with Crippen molar-refractivity contribution in [2.45, 2.75) is 25.3 Å². The molecule has 7 nitrogen and oxygen atoms in total. The maximum Gasteiger partial charge on any atom is 0.267 e. The highest BCUT2D eigenvalue weighted by atomic mass is 32.2. The monoisotopic (exact) mass is 343 g/mol. The lowest BCUT2D eigenvalue weighted by atomic mass is 10.2. The van der Waals surface area contributed by atoms with Gasteiger partial charge in [-0.05, 0) is 25.5 Å². The minimum Gasteiger partial charge on any atom is -0.267 e. The Hall–Kier alpha value is -2.74. The summed E-state index contributed by atoms with van der Waals surface area (Å²) in [7, 11) is -3.78. The second-order valence-corrected chi connectivity index (χ2v) is 7.12. The Morgan fingerprint density at radius 2 is 1.75 bits per heavy atom. The Balaban J connectivity index is 1.80. The van der Waals surface area contributed by atoms with Gasteiger partial charge in [0.2, 0.25) is 5.95 Å². The lowest BCUT2D eigenvalue weighted by Gasteiger charge is -2.06. The van der Waals surface area contributed by atoms with E-state index in [1.54, 1.807) is 24.6 Å². The van der Waals surface area contributed by atoms with Crippen molar-refractivity contribution < 1.29 is 8.42 Å². The topological polar surface area (TPSA) is 89.8 Å². The molecule has 8 heteroatoms. The van der Waals surface area contributed by atoms with Crippen molar-refractivity contribution in [2.75, 3.05) is 4.72 Å². The van der Waals surface area contributed by atoms with E-state index in [9.17, 15) is 8.42 Å². The third-order valence-corrected chi connectivity index (χ3v) is 4.60. The Morgan fingerprint density at radius 3 is 2.42 bits per heavy atom. The molecule has 1 N–H and O–H groups in total. The van der Waals surface area contributed by atoms with Gasteiger partial charge in [0.05, 0.1) is 12.7 Å². The molecule has 3 aromatic rings. The van der Waals surface area contributed by atoms with Gasteiger partial charge in [0.25, 0.3) is 10.0 Å². The number of hydrogen-bond acceptors (Lipinski definition) is 5. The van der Waals surface area contributed by atoms with Gasteiger partial charge in [0, 0.05) is 17.6 Å². The van der Waals surface area contributed by atoms with Gasteiger partial charge >= 0.3 is 0 Å². The van der Waals surface area contributed by atoms with Crippen molar-refractivity contribution in [1.82, 2.24) is 19.7 Å². The molecule has 0 amide bonds. The van der Waals surface area contributed by atoms with Crippen molar-refractivity contribution in [3.05, 3.63) is 65.7 Å². The van der Waals surface area contributed by atoms with Crippen LogP contribution >= 0.6 is 0 Å². The molecule has 124 valence electrons. The second-order valence-electron chi connectivity index (χ2n) is 5.44. The average molecular weight is 343 g/mol. The quantitative estimate of drug-likeness (QED) is 0.766. The lowest BCUT2D eigenvalue weighted by molar-refractivity contribution is 0.600. The maximum absolute atomic E-state index is 12.4. The SMILES string of the molecule is Cc1cc(C)nc(NS(=O)(=O)c2cnn(Cc3ccccc3)c2)n1. The largest absolute Gasteiger partial charge is 0.267 e. The van der Waals surface area contributed by atoms with Crippen LogP contribution in [0.3, 0.4) is 0 Å². The molecule has 0 bridgehead atoms. The summed E-state index contributed by atoms with van der Waals surface area (Å²) in [6, 6.07) is 11.5. The second kappa shape index (κ2) is 6.40. The van der Waals surface area contributed by atoms with E-state index in [2.05, 4.69) is 19.8 Å². The first-order valence-corrected chi connectivity index (χ1v) is 8.82. The number of aryl methyl sites for hydroxylation is 2. The lowest BCUT2D eigenvalue weighted by Crippen LogP contribution is -2.15. The van der Waals surface area contributed by atoms with Gasteiger partial charge in [0.15, 0.2) is 0 Å². The van der Waals surface area contributed by atoms with Crippen LogP contribution in [0.1, 0.15) is 17.0 Å². The Bertz CT molecular complexity index is 931. The molecule has 1 aromatic carbocycles. The Kier molecular flexibility index (Phi) is 4.30. The summed E-state index contributed by atoms with van der Waals surface area (Å²) in [6.45, 7) is 4.06. The molecule has 0 unspecified atom stereocenters. The molecular formula is C16H17N5O2S. The first-order chi connectivity index (χ1) is 11.4. The minimum atomic E-state index is -3.78. The number of aromatic nitrogens is 4. The molecule has 0 atom stereocenters. The van der Waals surface area contributed by atoms with Crippen molar-refractivity contribution in [3.63, 3.8) is 0 Å². The van der Waals surface area contributed by atoms with Gasteiger partial charge in [-0.3, -0.25) is 4.68 Å². The number of hydrogen-bond donors (Lipinski definition) is 1. The number of nitrogens with zero attached hydrogens (tertiary/aromatic N) is 4. The molecular weight excluding hydrogens is 326 g/mol. The van der Waals surface area contributed by atoms with Gasteiger partial charge in [-0.15, -0.1) is 0 Å². The van der Waals surface area contributed by atoms with Crippen molar-refractivity contribution in [3.8, 4) is 0 Å². The number of nitrogens with one attached hydrogen (secondary N) is 1. The van der Waals surface area contributed by atoms with E-state index in [0.29, 0.717) is 17.9 Å². The van der Waals surface area contributed by atoms with Crippen LogP contribution in [0, 0.1) is 13.8 Å². The predicted molar refractivity (Wildman–Crippen MR) is 90.1 cm³/mol. The van der Waals surface area contributed by atoms with Crippen LogP contribution in [0.15, 0.2) is 53.7 Å². The highest BCUT2D eigenvalue weighted by molar-refractivity contribution is 7.92. The normalized spacial score (nSPS) is 11.4. The molecule has 24 heavy (non-hydrogen) atoms. The fraction of sp³-hybridized carbons (Fsp3) is 0.188. The zero-order chi connectivity index (χ0) is 17.2. The number of anilines is 1. The first kappa shape index (κ1) is 16.1. The van der Waals surface area contributed by atoms with Crippen LogP contribution < -0.4 is 4.72 Å². The minimum absolute atomic E-state index is 0.0586. The molecule has 0 spiro atoms. The van der Waals surface area contributed by atoms with E-state index in [-0.39, 0.29) is 10.8 Å². The van der Waals surface area contributed by atoms with E-state index >= 15 is 0 Å². The number of sulfonamides is 1. The van der Waals surface area contributed by atoms with Crippen molar-refractivity contribution in [2.24, 2.45) is 0 Å². The molecule has 0 aliphatic heterocycles. The van der Waals surface area contributed by atoms with E-state index < -0.39 is 10.0 Å². The van der Waals surface area contributed by atoms with Gasteiger partial charge in [-0.2, -0.15) is 5.10 Å². The first-order valence-electron chi connectivity index (χ1n) is 7.34. The summed E-state index contributed by atoms with van der Waals surface area (Å²) in [5.74, 6) is 0.0586. The van der Waals surface area contributed by atoms with Crippen LogP contribution in [0.2, 0.25) is 0 Å². The van der Waals surface area contributed by atoms with Crippen LogP contribution in [0.25, 0.3) is 0 Å². The smallest absolute Gasteiger partial charge is 0.267 e. The molecule has 3 rings (SSSR count). The predicted octanol–water partition coefficient (Wildman–Crippen LogP) is 2.14. The average Bonchev–Trinajstić information content (AvgIpc) is 2.96. The maximum atomic E-state index is 12.4. The molecule has 0 fully saturated rings. The molecule has 0 aliphatic rings. The summed E-state index contributed by atoms with van der Waals surface area (Å²) >= 11 is 0. The van der Waals surface area contributed by atoms with Crippen molar-refractivity contribution >= 4 is 16.0 Å². The van der Waals surface area contributed by atoms with E-state index in [1.165, 1.54) is 12.4 Å². The van der Waals surface area contributed by atoms with E-state index in [0.717, 1.165) is 5.56 Å². The third-order valence-electron chi connectivity index (χ3n) is 3.32. The van der Waals surface area contributed by atoms with Gasteiger partial charge in [-0.25, -0.2) is 23.1 Å². The van der Waals surface area contributed by atoms with Crippen LogP contribution in [-0.2, 0) is 16.6 Å². The van der Waals surface area contributed by atoms with E-state index in [4.69, 9.17) is 0 Å². The molecule has 0 saturated carbocycles. The number of rotatable bonds is 5. The fourth-order valence-electron chi connectivity index (χ4n) is 2.29.